The van der Waals surface area contributed by atoms with Gasteiger partial charge in [0.15, 0.2) is 0 Å². The number of nitrogens with zero attached hydrogens (tertiary/aromatic N) is 1. The lowest BCUT2D eigenvalue weighted by Gasteiger charge is -2.23. The van der Waals surface area contributed by atoms with Crippen molar-refractivity contribution in [2.75, 3.05) is 29.9 Å². The Morgan fingerprint density at radius 2 is 2.47 bits per heavy atom. The van der Waals surface area contributed by atoms with E-state index >= 15 is 0 Å². The summed E-state index contributed by atoms with van der Waals surface area (Å²) in [7, 11) is 0. The molecule has 1 amide bonds. The van der Waals surface area contributed by atoms with Gasteiger partial charge in [-0.05, 0) is 24.0 Å². The number of rotatable bonds is 2. The van der Waals surface area contributed by atoms with E-state index in [0.29, 0.717) is 17.2 Å². The minimum atomic E-state index is 0.307. The fourth-order valence-corrected chi connectivity index (χ4v) is 3.98. The van der Waals surface area contributed by atoms with Crippen LogP contribution < -0.4 is 0 Å². The third-order valence-corrected chi connectivity index (χ3v) is 5.99. The minimum absolute atomic E-state index is 0.307. The molecule has 86 valence electrons. The first-order valence-electron chi connectivity index (χ1n) is 5.57. The quantitative estimate of drug-likeness (QED) is 0.728. The van der Waals surface area contributed by atoms with E-state index in [0.717, 1.165) is 37.0 Å². The first-order valence-corrected chi connectivity index (χ1v) is 7.85. The van der Waals surface area contributed by atoms with E-state index < -0.39 is 0 Å². The van der Waals surface area contributed by atoms with Gasteiger partial charge in [-0.3, -0.25) is 4.79 Å². The molecule has 2 aliphatic rings. The van der Waals surface area contributed by atoms with Gasteiger partial charge in [-0.15, -0.1) is 0 Å². The van der Waals surface area contributed by atoms with E-state index in [2.05, 4.69) is 27.8 Å². The molecule has 0 saturated carbocycles. The molecule has 0 N–H and O–H groups in total. The van der Waals surface area contributed by atoms with Gasteiger partial charge in [0.2, 0.25) is 5.91 Å². The van der Waals surface area contributed by atoms with Gasteiger partial charge in [-0.1, -0.05) is 22.9 Å². The van der Waals surface area contributed by atoms with Gasteiger partial charge in [-0.25, -0.2) is 0 Å². The van der Waals surface area contributed by atoms with Crippen LogP contribution in [-0.4, -0.2) is 40.7 Å². The Bertz CT molecular complexity index is 255. The second-order valence-electron chi connectivity index (χ2n) is 5.01. The Morgan fingerprint density at radius 3 is 3.00 bits per heavy atom. The molecule has 0 aromatic carbocycles. The molecule has 0 aliphatic carbocycles. The van der Waals surface area contributed by atoms with E-state index in [1.54, 1.807) is 0 Å². The Hall–Kier alpha value is 0.300. The molecule has 0 aromatic rings. The summed E-state index contributed by atoms with van der Waals surface area (Å²) in [6.07, 6.45) is 2.23. The van der Waals surface area contributed by atoms with Crippen LogP contribution in [0.3, 0.4) is 0 Å². The summed E-state index contributed by atoms with van der Waals surface area (Å²) >= 11 is 5.47. The van der Waals surface area contributed by atoms with Crippen molar-refractivity contribution in [1.82, 2.24) is 4.90 Å². The highest BCUT2D eigenvalue weighted by atomic mass is 79.9. The van der Waals surface area contributed by atoms with Crippen LogP contribution in [0.5, 0.6) is 0 Å². The SMILES string of the molecule is CC1(CBr)CCN(C(=O)C2CCSC2)C1. The number of hydrogen-bond donors (Lipinski definition) is 0. The Kier molecular flexibility index (Phi) is 3.66. The van der Waals surface area contributed by atoms with E-state index in [1.807, 2.05) is 11.8 Å². The predicted octanol–water partition coefficient (Wildman–Crippen LogP) is 2.37. The largest absolute Gasteiger partial charge is 0.342 e. The standard InChI is InChI=1S/C11H18BrNOS/c1-11(7-12)3-4-13(8-11)10(14)9-2-5-15-6-9/h9H,2-8H2,1H3. The predicted molar refractivity (Wildman–Crippen MR) is 68.5 cm³/mol. The Balaban J connectivity index is 1.92. The Labute approximate surface area is 104 Å². The van der Waals surface area contributed by atoms with Gasteiger partial charge < -0.3 is 4.90 Å². The normalized spacial score (nSPS) is 36.1. The van der Waals surface area contributed by atoms with Crippen molar-refractivity contribution < 1.29 is 4.79 Å². The molecule has 2 saturated heterocycles. The molecular formula is C11H18BrNOS. The van der Waals surface area contributed by atoms with Crippen LogP contribution in [0.4, 0.5) is 0 Å². The second-order valence-corrected chi connectivity index (χ2v) is 6.73. The van der Waals surface area contributed by atoms with Gasteiger partial charge in [0.25, 0.3) is 0 Å². The molecule has 0 radical (unpaired) electrons. The highest BCUT2D eigenvalue weighted by molar-refractivity contribution is 9.09. The first-order chi connectivity index (χ1) is 7.14. The molecule has 15 heavy (non-hydrogen) atoms. The minimum Gasteiger partial charge on any atom is -0.342 e. The number of carbonyl (C=O) groups excluding carboxylic acids is 1. The first kappa shape index (κ1) is 11.8. The number of hydrogen-bond acceptors (Lipinski definition) is 2. The number of carbonyl (C=O) groups is 1. The number of alkyl halides is 1. The molecule has 0 aromatic heterocycles. The van der Waals surface area contributed by atoms with Crippen molar-refractivity contribution in [2.45, 2.75) is 19.8 Å². The van der Waals surface area contributed by atoms with Crippen molar-refractivity contribution >= 4 is 33.6 Å². The molecule has 0 bridgehead atoms. The highest BCUT2D eigenvalue weighted by Gasteiger charge is 2.37. The fraction of sp³-hybridized carbons (Fsp3) is 0.909. The molecule has 2 aliphatic heterocycles. The van der Waals surface area contributed by atoms with Crippen molar-refractivity contribution in [1.29, 1.82) is 0 Å². The zero-order valence-corrected chi connectivity index (χ0v) is 11.6. The maximum Gasteiger partial charge on any atom is 0.226 e. The van der Waals surface area contributed by atoms with E-state index in [9.17, 15) is 4.79 Å². The molecular weight excluding hydrogens is 274 g/mol. The molecule has 2 fully saturated rings. The summed E-state index contributed by atoms with van der Waals surface area (Å²) in [6, 6.07) is 0. The average Bonchev–Trinajstić information content (AvgIpc) is 2.86. The third kappa shape index (κ3) is 2.52. The van der Waals surface area contributed by atoms with E-state index in [4.69, 9.17) is 0 Å². The van der Waals surface area contributed by atoms with Crippen LogP contribution in [0, 0.1) is 11.3 Å². The molecule has 4 heteroatoms. The van der Waals surface area contributed by atoms with Gasteiger partial charge >= 0.3 is 0 Å². The van der Waals surface area contributed by atoms with Crippen molar-refractivity contribution in [3.8, 4) is 0 Å². The van der Waals surface area contributed by atoms with Crippen LogP contribution in [0.15, 0.2) is 0 Å². The van der Waals surface area contributed by atoms with Crippen LogP contribution in [0.1, 0.15) is 19.8 Å². The maximum absolute atomic E-state index is 12.1. The zero-order chi connectivity index (χ0) is 10.9. The van der Waals surface area contributed by atoms with Crippen molar-refractivity contribution in [2.24, 2.45) is 11.3 Å². The maximum atomic E-state index is 12.1. The molecule has 2 unspecified atom stereocenters. The zero-order valence-electron chi connectivity index (χ0n) is 9.17. The summed E-state index contributed by atoms with van der Waals surface area (Å²) in [5.41, 5.74) is 0.307. The second kappa shape index (κ2) is 4.66. The average molecular weight is 292 g/mol. The molecule has 0 spiro atoms. The van der Waals surface area contributed by atoms with Gasteiger partial charge in [0.1, 0.15) is 0 Å². The van der Waals surface area contributed by atoms with Crippen LogP contribution in [-0.2, 0) is 4.79 Å². The molecule has 2 rings (SSSR count). The summed E-state index contributed by atoms with van der Waals surface area (Å²) in [5, 5.41) is 1.00. The van der Waals surface area contributed by atoms with Crippen molar-refractivity contribution in [3.05, 3.63) is 0 Å². The summed E-state index contributed by atoms with van der Waals surface area (Å²) in [5.74, 6) is 2.93. The number of likely N-dealkylation sites (tertiary alicyclic amines) is 1. The summed E-state index contributed by atoms with van der Waals surface area (Å²) in [6.45, 7) is 4.17. The smallest absolute Gasteiger partial charge is 0.226 e. The van der Waals surface area contributed by atoms with Crippen molar-refractivity contribution in [3.63, 3.8) is 0 Å². The van der Waals surface area contributed by atoms with Gasteiger partial charge in [0, 0.05) is 30.1 Å². The van der Waals surface area contributed by atoms with E-state index in [1.165, 1.54) is 5.75 Å². The van der Waals surface area contributed by atoms with Gasteiger partial charge in [-0.2, -0.15) is 11.8 Å². The van der Waals surface area contributed by atoms with Crippen LogP contribution >= 0.6 is 27.7 Å². The van der Waals surface area contributed by atoms with Gasteiger partial charge in [0.05, 0.1) is 0 Å². The van der Waals surface area contributed by atoms with Crippen LogP contribution in [0.2, 0.25) is 0 Å². The highest BCUT2D eigenvalue weighted by Crippen LogP contribution is 2.34. The molecule has 2 atom stereocenters. The molecule has 2 heterocycles. The van der Waals surface area contributed by atoms with Crippen LogP contribution in [0.25, 0.3) is 0 Å². The lowest BCUT2D eigenvalue weighted by molar-refractivity contribution is -0.133. The number of amides is 1. The fourth-order valence-electron chi connectivity index (χ4n) is 2.31. The third-order valence-electron chi connectivity index (χ3n) is 3.47. The Morgan fingerprint density at radius 1 is 1.67 bits per heavy atom. The monoisotopic (exact) mass is 291 g/mol. The number of thioether (sulfide) groups is 1. The van der Waals surface area contributed by atoms with E-state index in [-0.39, 0.29) is 0 Å². The number of halogens is 1. The lowest BCUT2D eigenvalue weighted by Crippen LogP contribution is -2.36. The topological polar surface area (TPSA) is 20.3 Å². The lowest BCUT2D eigenvalue weighted by atomic mass is 9.93. The molecule has 2 nitrogen and oxygen atoms in total. The summed E-state index contributed by atoms with van der Waals surface area (Å²) < 4.78 is 0. The summed E-state index contributed by atoms with van der Waals surface area (Å²) in [4.78, 5) is 14.2.